The minimum atomic E-state index is -0.204. The first-order valence-electron chi connectivity index (χ1n) is 10.8. The molecule has 0 aliphatic heterocycles. The van der Waals surface area contributed by atoms with Crippen molar-refractivity contribution in [1.29, 1.82) is 0 Å². The van der Waals surface area contributed by atoms with Gasteiger partial charge in [-0.3, -0.25) is 9.59 Å². The lowest BCUT2D eigenvalue weighted by atomic mass is 10.1. The molecule has 0 spiro atoms. The normalized spacial score (nSPS) is 13.9. The monoisotopic (exact) mass is 494 g/mol. The maximum atomic E-state index is 12.8. The Morgan fingerprint density at radius 3 is 2.30 bits per heavy atom. The van der Waals surface area contributed by atoms with Gasteiger partial charge >= 0.3 is 0 Å². The van der Waals surface area contributed by atoms with Crippen LogP contribution < -0.4 is 0 Å². The highest BCUT2D eigenvalue weighted by molar-refractivity contribution is 8.08. The highest BCUT2D eigenvalue weighted by Gasteiger charge is 2.20. The molecule has 1 atom stereocenters. The van der Waals surface area contributed by atoms with Crippen molar-refractivity contribution in [3.63, 3.8) is 0 Å². The van der Waals surface area contributed by atoms with E-state index in [9.17, 15) is 9.59 Å². The molecule has 1 heterocycles. The van der Waals surface area contributed by atoms with Crippen LogP contribution >= 0.6 is 34.9 Å². The molecule has 0 aliphatic rings. The van der Waals surface area contributed by atoms with Gasteiger partial charge < -0.3 is 0 Å². The fourth-order valence-corrected chi connectivity index (χ4v) is 6.31. The molecule has 1 aromatic carbocycles. The third-order valence-electron chi connectivity index (χ3n) is 4.74. The summed E-state index contributed by atoms with van der Waals surface area (Å²) in [7, 11) is 0. The summed E-state index contributed by atoms with van der Waals surface area (Å²) in [5.41, 5.74) is 1.40. The third-order valence-corrected chi connectivity index (χ3v) is 8.63. The van der Waals surface area contributed by atoms with E-state index in [0.717, 1.165) is 25.3 Å². The second-order valence-electron chi connectivity index (χ2n) is 7.02. The zero-order valence-electron chi connectivity index (χ0n) is 19.5. The SMILES string of the molecule is C=C/C=C\C(=C/C)C(=O)C(C)SC(=C\C)/C(=C/C)SCc1ccc(C(=O)c2ccccc2)s1. The first kappa shape index (κ1) is 26.9. The van der Waals surface area contributed by atoms with E-state index >= 15 is 0 Å². The fourth-order valence-electron chi connectivity index (χ4n) is 2.99. The zero-order chi connectivity index (χ0) is 24.2. The van der Waals surface area contributed by atoms with Crippen LogP contribution in [0.1, 0.15) is 47.8 Å². The molecule has 0 saturated carbocycles. The Balaban J connectivity index is 2.03. The number of hydrogen-bond acceptors (Lipinski definition) is 5. The van der Waals surface area contributed by atoms with Crippen molar-refractivity contribution in [2.24, 2.45) is 0 Å². The summed E-state index contributed by atoms with van der Waals surface area (Å²) in [4.78, 5) is 29.6. The number of thioether (sulfide) groups is 2. The molecule has 1 unspecified atom stereocenters. The van der Waals surface area contributed by atoms with Crippen LogP contribution in [0.2, 0.25) is 0 Å². The molecule has 5 heteroatoms. The van der Waals surface area contributed by atoms with Crippen LogP contribution in [-0.4, -0.2) is 16.8 Å². The smallest absolute Gasteiger partial charge is 0.202 e. The summed E-state index contributed by atoms with van der Waals surface area (Å²) in [5, 5.41) is -0.204. The van der Waals surface area contributed by atoms with E-state index < -0.39 is 0 Å². The van der Waals surface area contributed by atoms with Crippen LogP contribution in [0, 0.1) is 0 Å². The van der Waals surface area contributed by atoms with E-state index in [1.54, 1.807) is 41.8 Å². The summed E-state index contributed by atoms with van der Waals surface area (Å²) < 4.78 is 0. The first-order chi connectivity index (χ1) is 15.9. The molecule has 0 amide bonds. The average molecular weight is 495 g/mol. The summed E-state index contributed by atoms with van der Waals surface area (Å²) >= 11 is 4.84. The van der Waals surface area contributed by atoms with E-state index in [2.05, 4.69) is 18.7 Å². The Kier molecular flexibility index (Phi) is 11.4. The van der Waals surface area contributed by atoms with E-state index in [4.69, 9.17) is 0 Å². The Morgan fingerprint density at radius 1 is 1.00 bits per heavy atom. The molecule has 33 heavy (non-hydrogen) atoms. The number of rotatable bonds is 12. The largest absolute Gasteiger partial charge is 0.293 e. The lowest BCUT2D eigenvalue weighted by molar-refractivity contribution is -0.114. The zero-order valence-corrected chi connectivity index (χ0v) is 22.0. The van der Waals surface area contributed by atoms with Gasteiger partial charge in [0.2, 0.25) is 5.78 Å². The summed E-state index contributed by atoms with van der Waals surface area (Å²) in [5.74, 6) is 0.933. The van der Waals surface area contributed by atoms with Gasteiger partial charge in [0, 0.05) is 31.6 Å². The Labute approximate surface area is 210 Å². The van der Waals surface area contributed by atoms with Gasteiger partial charge in [-0.25, -0.2) is 0 Å². The van der Waals surface area contributed by atoms with E-state index in [-0.39, 0.29) is 16.8 Å². The maximum Gasteiger partial charge on any atom is 0.202 e. The number of carbonyl (C=O) groups excluding carboxylic acids is 2. The second kappa shape index (κ2) is 14.0. The van der Waals surface area contributed by atoms with Crippen LogP contribution in [0.15, 0.2) is 101 Å². The summed E-state index contributed by atoms with van der Waals surface area (Å²) in [6.45, 7) is 11.5. The van der Waals surface area contributed by atoms with Crippen LogP contribution in [0.4, 0.5) is 0 Å². The van der Waals surface area contributed by atoms with Crippen LogP contribution in [0.25, 0.3) is 0 Å². The second-order valence-corrected chi connectivity index (χ2v) is 10.6. The minimum absolute atomic E-state index is 0.0606. The molecule has 172 valence electrons. The van der Waals surface area contributed by atoms with E-state index in [1.807, 2.05) is 76.2 Å². The van der Waals surface area contributed by atoms with E-state index in [0.29, 0.717) is 11.1 Å². The number of Topliss-reactive ketones (excluding diaryl/α,β-unsaturated/α-hetero) is 1. The summed E-state index contributed by atoms with van der Waals surface area (Å²) in [6.07, 6.45) is 11.2. The van der Waals surface area contributed by atoms with Gasteiger partial charge in [-0.05, 0) is 39.8 Å². The molecule has 0 fully saturated rings. The van der Waals surface area contributed by atoms with Crippen molar-refractivity contribution in [3.05, 3.63) is 116 Å². The Hall–Kier alpha value is -2.34. The molecular formula is C28H30O2S3. The molecule has 2 aromatic rings. The van der Waals surface area contributed by atoms with Crippen molar-refractivity contribution in [1.82, 2.24) is 0 Å². The van der Waals surface area contributed by atoms with Crippen LogP contribution in [-0.2, 0) is 10.5 Å². The van der Waals surface area contributed by atoms with Gasteiger partial charge in [0.25, 0.3) is 0 Å². The predicted molar refractivity (Wildman–Crippen MR) is 148 cm³/mol. The van der Waals surface area contributed by atoms with Gasteiger partial charge in [0.1, 0.15) is 0 Å². The number of hydrogen-bond donors (Lipinski definition) is 0. The fraction of sp³-hybridized carbons (Fsp3) is 0.214. The molecule has 2 nitrogen and oxygen atoms in total. The molecule has 0 aliphatic carbocycles. The molecule has 0 radical (unpaired) electrons. The van der Waals surface area contributed by atoms with Crippen LogP contribution in [0.5, 0.6) is 0 Å². The van der Waals surface area contributed by atoms with Crippen molar-refractivity contribution < 1.29 is 9.59 Å². The lowest BCUT2D eigenvalue weighted by Gasteiger charge is -2.16. The number of allylic oxidation sites excluding steroid dienone is 7. The lowest BCUT2D eigenvalue weighted by Crippen LogP contribution is -2.15. The van der Waals surface area contributed by atoms with Crippen LogP contribution in [0.3, 0.4) is 0 Å². The van der Waals surface area contributed by atoms with Crippen molar-refractivity contribution in [2.45, 2.75) is 38.7 Å². The van der Waals surface area contributed by atoms with Gasteiger partial charge in [-0.15, -0.1) is 34.9 Å². The highest BCUT2D eigenvalue weighted by Crippen LogP contribution is 2.38. The van der Waals surface area contributed by atoms with Gasteiger partial charge in [-0.2, -0.15) is 0 Å². The number of carbonyl (C=O) groups is 2. The quantitative estimate of drug-likeness (QED) is 0.168. The summed E-state index contributed by atoms with van der Waals surface area (Å²) in [6, 6.07) is 13.3. The van der Waals surface area contributed by atoms with E-state index in [1.165, 1.54) is 11.3 Å². The van der Waals surface area contributed by atoms with Crippen molar-refractivity contribution in [3.8, 4) is 0 Å². The predicted octanol–water partition coefficient (Wildman–Crippen LogP) is 8.40. The van der Waals surface area contributed by atoms with Gasteiger partial charge in [0.05, 0.1) is 10.1 Å². The topological polar surface area (TPSA) is 34.1 Å². The number of thiophene rings is 1. The van der Waals surface area contributed by atoms with Crippen molar-refractivity contribution in [2.75, 3.05) is 0 Å². The van der Waals surface area contributed by atoms with Crippen molar-refractivity contribution >= 4 is 46.4 Å². The Morgan fingerprint density at radius 2 is 1.70 bits per heavy atom. The molecular weight excluding hydrogens is 465 g/mol. The van der Waals surface area contributed by atoms with Gasteiger partial charge in [-0.1, -0.05) is 73.4 Å². The minimum Gasteiger partial charge on any atom is -0.293 e. The number of benzene rings is 1. The third kappa shape index (κ3) is 7.88. The number of ketones is 2. The van der Waals surface area contributed by atoms with Gasteiger partial charge in [0.15, 0.2) is 5.78 Å². The standard InChI is InChI=1S/C28H30O2S3/c1-6-10-14-21(7-2)27(29)20(5)32-25(9-4)24(8-3)31-19-23-17-18-26(33-23)28(30)22-15-12-11-13-16-22/h6-18,20H,1,19H2,2-5H3/b14-10-,21-7+,24-8-,25-9-. The highest BCUT2D eigenvalue weighted by atomic mass is 32.2. The molecule has 0 N–H and O–H groups in total. The maximum absolute atomic E-state index is 12.8. The molecule has 1 aromatic heterocycles. The first-order valence-corrected chi connectivity index (χ1v) is 13.4. The Bertz CT molecular complexity index is 1090. The molecule has 2 rings (SSSR count). The molecule has 0 saturated heterocycles. The average Bonchev–Trinajstić information content (AvgIpc) is 3.32. The molecule has 0 bridgehead atoms.